The Hall–Kier alpha value is -3.61. The maximum absolute atomic E-state index is 12.5. The second kappa shape index (κ2) is 8.15. The molecular weight excluding hydrogens is 404 g/mol. The molecule has 2 aromatic heterocycles. The summed E-state index contributed by atoms with van der Waals surface area (Å²) < 4.78 is 7.12. The highest BCUT2D eigenvalue weighted by Crippen LogP contribution is 2.28. The number of likely N-dealkylation sites (tertiary alicyclic amines) is 1. The SMILES string of the molecule is CC(C)C(=O)N1CCC(Cn2c(-c3ccc(-c4ccc5occc5c4)cc3)n[nH]c2=O)C1. The van der Waals surface area contributed by atoms with E-state index in [4.69, 9.17) is 4.42 Å². The first-order valence-corrected chi connectivity index (χ1v) is 11.0. The Kier molecular flexibility index (Phi) is 5.17. The molecule has 7 heteroatoms. The van der Waals surface area contributed by atoms with Crippen molar-refractivity contribution in [3.63, 3.8) is 0 Å². The number of nitrogens with zero attached hydrogens (tertiary/aromatic N) is 3. The van der Waals surface area contributed by atoms with Crippen molar-refractivity contribution >= 4 is 16.9 Å². The Morgan fingerprint density at radius 2 is 1.88 bits per heavy atom. The van der Waals surface area contributed by atoms with Crippen LogP contribution in [0.4, 0.5) is 0 Å². The van der Waals surface area contributed by atoms with Crippen LogP contribution in [0.3, 0.4) is 0 Å². The molecule has 0 spiro atoms. The van der Waals surface area contributed by atoms with Gasteiger partial charge in [-0.15, -0.1) is 0 Å². The molecule has 1 aliphatic rings. The fraction of sp³-hybridized carbons (Fsp3) is 0.320. The van der Waals surface area contributed by atoms with Gasteiger partial charge in [-0.05, 0) is 41.7 Å². The van der Waals surface area contributed by atoms with Gasteiger partial charge in [-0.25, -0.2) is 9.89 Å². The van der Waals surface area contributed by atoms with Crippen LogP contribution in [0.15, 0.2) is 64.0 Å². The van der Waals surface area contributed by atoms with Crippen LogP contribution in [-0.2, 0) is 11.3 Å². The summed E-state index contributed by atoms with van der Waals surface area (Å²) in [6, 6.07) is 16.1. The van der Waals surface area contributed by atoms with Crippen molar-refractivity contribution in [2.75, 3.05) is 13.1 Å². The lowest BCUT2D eigenvalue weighted by Crippen LogP contribution is -2.33. The van der Waals surface area contributed by atoms with E-state index < -0.39 is 0 Å². The van der Waals surface area contributed by atoms with Crippen molar-refractivity contribution in [3.8, 4) is 22.5 Å². The van der Waals surface area contributed by atoms with Crippen molar-refractivity contribution in [3.05, 3.63) is 65.3 Å². The number of nitrogens with one attached hydrogen (secondary N) is 1. The van der Waals surface area contributed by atoms with Gasteiger partial charge in [0, 0.05) is 36.5 Å². The molecule has 1 atom stereocenters. The van der Waals surface area contributed by atoms with Gasteiger partial charge in [-0.1, -0.05) is 44.2 Å². The molecule has 2 aromatic carbocycles. The summed E-state index contributed by atoms with van der Waals surface area (Å²) >= 11 is 0. The fourth-order valence-corrected chi connectivity index (χ4v) is 4.47. The van der Waals surface area contributed by atoms with Gasteiger partial charge in [0.25, 0.3) is 0 Å². The molecule has 164 valence electrons. The van der Waals surface area contributed by atoms with Gasteiger partial charge >= 0.3 is 5.69 Å². The highest BCUT2D eigenvalue weighted by atomic mass is 16.3. The van der Waals surface area contributed by atoms with Crippen LogP contribution in [-0.4, -0.2) is 38.7 Å². The monoisotopic (exact) mass is 430 g/mol. The van der Waals surface area contributed by atoms with E-state index >= 15 is 0 Å². The Bertz CT molecular complexity index is 1310. The molecule has 1 aliphatic heterocycles. The van der Waals surface area contributed by atoms with E-state index in [1.807, 2.05) is 61.2 Å². The molecule has 1 amide bonds. The average molecular weight is 431 g/mol. The van der Waals surface area contributed by atoms with E-state index in [2.05, 4.69) is 16.3 Å². The lowest BCUT2D eigenvalue weighted by atomic mass is 10.0. The fourth-order valence-electron chi connectivity index (χ4n) is 4.47. The Morgan fingerprint density at radius 1 is 1.12 bits per heavy atom. The van der Waals surface area contributed by atoms with E-state index in [-0.39, 0.29) is 23.4 Å². The Morgan fingerprint density at radius 3 is 2.66 bits per heavy atom. The van der Waals surface area contributed by atoms with E-state index in [9.17, 15) is 9.59 Å². The number of furan rings is 1. The summed E-state index contributed by atoms with van der Waals surface area (Å²) in [5, 5.41) is 7.94. The summed E-state index contributed by atoms with van der Waals surface area (Å²) in [4.78, 5) is 26.7. The van der Waals surface area contributed by atoms with Crippen molar-refractivity contribution in [1.82, 2.24) is 19.7 Å². The molecule has 1 saturated heterocycles. The summed E-state index contributed by atoms with van der Waals surface area (Å²) in [5.74, 6) is 1.04. The maximum Gasteiger partial charge on any atom is 0.343 e. The van der Waals surface area contributed by atoms with Gasteiger partial charge in [0.2, 0.25) is 5.91 Å². The van der Waals surface area contributed by atoms with Gasteiger partial charge in [0.05, 0.1) is 6.26 Å². The van der Waals surface area contributed by atoms with E-state index in [0.717, 1.165) is 40.6 Å². The predicted octanol–water partition coefficient (Wildman–Crippen LogP) is 4.16. The number of carbonyl (C=O) groups is 1. The number of carbonyl (C=O) groups excluding carboxylic acids is 1. The summed E-state index contributed by atoms with van der Waals surface area (Å²) in [7, 11) is 0. The van der Waals surface area contributed by atoms with E-state index in [1.165, 1.54) is 0 Å². The lowest BCUT2D eigenvalue weighted by molar-refractivity contribution is -0.133. The number of rotatable bonds is 5. The molecule has 5 rings (SSSR count). The number of hydrogen-bond acceptors (Lipinski definition) is 4. The van der Waals surface area contributed by atoms with Crippen LogP contribution in [0, 0.1) is 11.8 Å². The highest BCUT2D eigenvalue weighted by Gasteiger charge is 2.28. The molecule has 0 radical (unpaired) electrons. The summed E-state index contributed by atoms with van der Waals surface area (Å²) in [6.07, 6.45) is 2.58. The minimum atomic E-state index is -0.219. The molecule has 0 aliphatic carbocycles. The third-order valence-electron chi connectivity index (χ3n) is 6.22. The molecule has 1 N–H and O–H groups in total. The first-order chi connectivity index (χ1) is 15.5. The molecule has 1 unspecified atom stereocenters. The Balaban J connectivity index is 1.36. The van der Waals surface area contributed by atoms with E-state index in [0.29, 0.717) is 18.9 Å². The molecule has 4 aromatic rings. The van der Waals surface area contributed by atoms with Crippen LogP contribution < -0.4 is 5.69 Å². The van der Waals surface area contributed by atoms with Gasteiger partial charge in [-0.2, -0.15) is 5.10 Å². The molecular formula is C25H26N4O3. The zero-order valence-corrected chi connectivity index (χ0v) is 18.2. The van der Waals surface area contributed by atoms with Crippen molar-refractivity contribution in [2.24, 2.45) is 11.8 Å². The smallest absolute Gasteiger partial charge is 0.343 e. The molecule has 7 nitrogen and oxygen atoms in total. The van der Waals surface area contributed by atoms with Crippen LogP contribution in [0.2, 0.25) is 0 Å². The number of benzene rings is 2. The van der Waals surface area contributed by atoms with Crippen molar-refractivity contribution in [1.29, 1.82) is 0 Å². The highest BCUT2D eigenvalue weighted by molar-refractivity contribution is 5.83. The van der Waals surface area contributed by atoms with Gasteiger partial charge in [-0.3, -0.25) is 9.36 Å². The number of hydrogen-bond donors (Lipinski definition) is 1. The van der Waals surface area contributed by atoms with E-state index in [1.54, 1.807) is 10.8 Å². The topological polar surface area (TPSA) is 84.1 Å². The second-order valence-electron chi connectivity index (χ2n) is 8.81. The van der Waals surface area contributed by atoms with Gasteiger partial charge < -0.3 is 9.32 Å². The normalized spacial score (nSPS) is 16.3. The largest absolute Gasteiger partial charge is 0.464 e. The first kappa shape index (κ1) is 20.3. The lowest BCUT2D eigenvalue weighted by Gasteiger charge is -2.19. The summed E-state index contributed by atoms with van der Waals surface area (Å²) in [6.45, 7) is 5.82. The minimum Gasteiger partial charge on any atom is -0.464 e. The predicted molar refractivity (Wildman–Crippen MR) is 123 cm³/mol. The van der Waals surface area contributed by atoms with Crippen molar-refractivity contribution in [2.45, 2.75) is 26.8 Å². The second-order valence-corrected chi connectivity index (χ2v) is 8.81. The molecule has 0 saturated carbocycles. The third kappa shape index (κ3) is 3.75. The number of fused-ring (bicyclic) bond motifs is 1. The standard InChI is InChI=1S/C25H26N4O3/c1-16(2)24(30)28-11-9-17(14-28)15-29-23(26-27-25(29)31)19-5-3-18(4-6-19)20-7-8-22-21(13-20)10-12-32-22/h3-8,10,12-13,16-17H,9,11,14-15H2,1-2H3,(H,27,31). The van der Waals surface area contributed by atoms with Crippen LogP contribution in [0.25, 0.3) is 33.5 Å². The van der Waals surface area contributed by atoms with Crippen LogP contribution in [0.5, 0.6) is 0 Å². The van der Waals surface area contributed by atoms with Crippen LogP contribution in [0.1, 0.15) is 20.3 Å². The van der Waals surface area contributed by atoms with Crippen molar-refractivity contribution < 1.29 is 9.21 Å². The van der Waals surface area contributed by atoms with Gasteiger partial charge in [0.15, 0.2) is 5.82 Å². The quantitative estimate of drug-likeness (QED) is 0.515. The maximum atomic E-state index is 12.5. The molecule has 0 bridgehead atoms. The first-order valence-electron chi connectivity index (χ1n) is 11.0. The third-order valence-corrected chi connectivity index (χ3v) is 6.22. The minimum absolute atomic E-state index is 0.00584. The Labute approximate surface area is 185 Å². The molecule has 1 fully saturated rings. The number of H-pyrrole nitrogens is 1. The zero-order chi connectivity index (χ0) is 22.2. The van der Waals surface area contributed by atoms with Crippen LogP contribution >= 0.6 is 0 Å². The molecule has 32 heavy (non-hydrogen) atoms. The van der Waals surface area contributed by atoms with Gasteiger partial charge in [0.1, 0.15) is 5.58 Å². The average Bonchev–Trinajstić information content (AvgIpc) is 3.54. The molecule has 3 heterocycles. The number of aromatic nitrogens is 3. The number of amides is 1. The zero-order valence-electron chi connectivity index (χ0n) is 18.2. The number of aromatic amines is 1. The summed E-state index contributed by atoms with van der Waals surface area (Å²) in [5.41, 5.74) is 3.71.